The summed E-state index contributed by atoms with van der Waals surface area (Å²) in [5, 5.41) is 9.02. The summed E-state index contributed by atoms with van der Waals surface area (Å²) in [5.74, 6) is -1.11. The number of amides is 3. The van der Waals surface area contributed by atoms with Crippen LogP contribution < -0.4 is 16.0 Å². The van der Waals surface area contributed by atoms with Crippen molar-refractivity contribution < 1.29 is 14.4 Å². The first-order valence-corrected chi connectivity index (χ1v) is 14.3. The fourth-order valence-electron chi connectivity index (χ4n) is 4.68. The van der Waals surface area contributed by atoms with Crippen molar-refractivity contribution >= 4 is 17.7 Å². The molecule has 4 aromatic carbocycles. The van der Waals surface area contributed by atoms with Gasteiger partial charge in [-0.2, -0.15) is 0 Å². The summed E-state index contributed by atoms with van der Waals surface area (Å²) in [5.41, 5.74) is 6.97. The predicted molar refractivity (Wildman–Crippen MR) is 168 cm³/mol. The lowest BCUT2D eigenvalue weighted by molar-refractivity contribution is 0.0939. The maximum absolute atomic E-state index is 13.4. The second-order valence-electron chi connectivity index (χ2n) is 11.1. The fourth-order valence-corrected chi connectivity index (χ4v) is 4.68. The molecule has 42 heavy (non-hydrogen) atoms. The van der Waals surface area contributed by atoms with E-state index in [1.807, 2.05) is 114 Å². The zero-order valence-corrected chi connectivity index (χ0v) is 25.1. The van der Waals surface area contributed by atoms with Crippen molar-refractivity contribution in [2.45, 2.75) is 59.7 Å². The van der Waals surface area contributed by atoms with Gasteiger partial charge in [-0.25, -0.2) is 0 Å². The van der Waals surface area contributed by atoms with E-state index in [1.165, 1.54) is 18.2 Å². The number of hydrogen-bond donors (Lipinski definition) is 3. The Kier molecular flexibility index (Phi) is 9.58. The lowest BCUT2D eigenvalue weighted by Crippen LogP contribution is -2.31. The van der Waals surface area contributed by atoms with Crippen LogP contribution in [0.2, 0.25) is 0 Å². The Hall–Kier alpha value is -4.71. The molecule has 216 valence electrons. The molecule has 3 N–H and O–H groups in total. The van der Waals surface area contributed by atoms with Crippen LogP contribution in [0.25, 0.3) is 0 Å². The molecule has 0 bridgehead atoms. The molecule has 0 aromatic heterocycles. The third-order valence-corrected chi connectivity index (χ3v) is 7.49. The van der Waals surface area contributed by atoms with E-state index in [0.29, 0.717) is 0 Å². The van der Waals surface area contributed by atoms with E-state index in [-0.39, 0.29) is 52.5 Å². The van der Waals surface area contributed by atoms with Crippen LogP contribution >= 0.6 is 0 Å². The summed E-state index contributed by atoms with van der Waals surface area (Å²) >= 11 is 0. The molecule has 0 aliphatic carbocycles. The normalized spacial score (nSPS) is 13.0. The Balaban J connectivity index is 1.60. The van der Waals surface area contributed by atoms with E-state index in [0.717, 1.165) is 33.4 Å². The van der Waals surface area contributed by atoms with Gasteiger partial charge in [0, 0.05) is 16.7 Å². The van der Waals surface area contributed by atoms with Gasteiger partial charge in [-0.15, -0.1) is 0 Å². The minimum absolute atomic E-state index is 0.234. The van der Waals surface area contributed by atoms with Crippen molar-refractivity contribution in [1.29, 1.82) is 0 Å². The van der Waals surface area contributed by atoms with Crippen LogP contribution in [0.4, 0.5) is 0 Å². The molecule has 3 atom stereocenters. The largest absolute Gasteiger partial charge is 0.346 e. The quantitative estimate of drug-likeness (QED) is 0.204. The number of hydrogen-bond acceptors (Lipinski definition) is 3. The highest BCUT2D eigenvalue weighted by atomic mass is 16.2. The maximum atomic E-state index is 13.4. The zero-order chi connectivity index (χ0) is 30.4. The van der Waals surface area contributed by atoms with Crippen LogP contribution in [0, 0.1) is 20.8 Å². The molecular formula is C36H39N3O3. The van der Waals surface area contributed by atoms with Crippen LogP contribution in [0.1, 0.15) is 103 Å². The molecule has 0 aliphatic rings. The fraction of sp³-hybridized carbons (Fsp3) is 0.250. The third-order valence-electron chi connectivity index (χ3n) is 7.49. The summed E-state index contributed by atoms with van der Waals surface area (Å²) in [6.07, 6.45) is 0. The van der Waals surface area contributed by atoms with Gasteiger partial charge in [0.25, 0.3) is 17.7 Å². The Morgan fingerprint density at radius 1 is 0.429 bits per heavy atom. The molecule has 6 heteroatoms. The van der Waals surface area contributed by atoms with Gasteiger partial charge in [-0.3, -0.25) is 14.4 Å². The van der Waals surface area contributed by atoms with Crippen LogP contribution in [-0.4, -0.2) is 17.7 Å². The maximum Gasteiger partial charge on any atom is 0.251 e. The molecule has 4 aromatic rings. The highest BCUT2D eigenvalue weighted by Crippen LogP contribution is 2.20. The summed E-state index contributed by atoms with van der Waals surface area (Å²) in [6.45, 7) is 11.7. The highest BCUT2D eigenvalue weighted by molar-refractivity contribution is 6.04. The Morgan fingerprint density at radius 2 is 0.643 bits per heavy atom. The molecule has 0 saturated heterocycles. The van der Waals surface area contributed by atoms with Crippen molar-refractivity contribution in [3.05, 3.63) is 141 Å². The average molecular weight is 562 g/mol. The van der Waals surface area contributed by atoms with E-state index in [4.69, 9.17) is 0 Å². The number of carbonyl (C=O) groups is 3. The number of nitrogens with one attached hydrogen (secondary N) is 3. The second kappa shape index (κ2) is 13.3. The van der Waals surface area contributed by atoms with Crippen molar-refractivity contribution in [2.24, 2.45) is 0 Å². The lowest BCUT2D eigenvalue weighted by Gasteiger charge is -2.18. The van der Waals surface area contributed by atoms with Gasteiger partial charge in [0.1, 0.15) is 0 Å². The van der Waals surface area contributed by atoms with Crippen molar-refractivity contribution in [3.63, 3.8) is 0 Å². The summed E-state index contributed by atoms with van der Waals surface area (Å²) in [6, 6.07) is 27.6. The molecule has 0 saturated carbocycles. The van der Waals surface area contributed by atoms with Crippen molar-refractivity contribution in [1.82, 2.24) is 16.0 Å². The molecule has 0 fully saturated rings. The van der Waals surface area contributed by atoms with E-state index in [2.05, 4.69) is 16.0 Å². The smallest absolute Gasteiger partial charge is 0.251 e. The Labute approximate surface area is 248 Å². The summed E-state index contributed by atoms with van der Waals surface area (Å²) < 4.78 is 0. The first kappa shape index (κ1) is 30.3. The van der Waals surface area contributed by atoms with Gasteiger partial charge in [0.05, 0.1) is 18.1 Å². The molecule has 4 rings (SSSR count). The van der Waals surface area contributed by atoms with Gasteiger partial charge in [0.15, 0.2) is 0 Å². The number of rotatable bonds is 9. The van der Waals surface area contributed by atoms with Gasteiger partial charge >= 0.3 is 0 Å². The predicted octanol–water partition coefficient (Wildman–Crippen LogP) is 7.08. The number of aryl methyl sites for hydroxylation is 3. The first-order chi connectivity index (χ1) is 20.0. The number of carbonyl (C=O) groups excluding carboxylic acids is 3. The van der Waals surface area contributed by atoms with Crippen LogP contribution in [0.15, 0.2) is 91.0 Å². The minimum Gasteiger partial charge on any atom is -0.346 e. The van der Waals surface area contributed by atoms with Crippen LogP contribution in [0.3, 0.4) is 0 Å². The molecule has 3 amide bonds. The molecule has 0 spiro atoms. The van der Waals surface area contributed by atoms with E-state index in [1.54, 1.807) is 0 Å². The van der Waals surface area contributed by atoms with E-state index >= 15 is 0 Å². The molecule has 6 nitrogen and oxygen atoms in total. The Morgan fingerprint density at radius 3 is 0.857 bits per heavy atom. The third kappa shape index (κ3) is 7.72. The molecule has 0 radical (unpaired) electrons. The first-order valence-electron chi connectivity index (χ1n) is 14.3. The average Bonchev–Trinajstić information content (AvgIpc) is 2.97. The summed E-state index contributed by atoms with van der Waals surface area (Å²) in [4.78, 5) is 40.3. The van der Waals surface area contributed by atoms with Gasteiger partial charge in [-0.05, 0) is 76.4 Å². The van der Waals surface area contributed by atoms with E-state index < -0.39 is 0 Å². The van der Waals surface area contributed by atoms with Crippen molar-refractivity contribution in [2.75, 3.05) is 0 Å². The molecular weight excluding hydrogens is 522 g/mol. The van der Waals surface area contributed by atoms with Gasteiger partial charge in [-0.1, -0.05) is 89.5 Å². The minimum atomic E-state index is -0.370. The van der Waals surface area contributed by atoms with Crippen molar-refractivity contribution in [3.8, 4) is 0 Å². The molecule has 0 aliphatic heterocycles. The van der Waals surface area contributed by atoms with Gasteiger partial charge in [0.2, 0.25) is 0 Å². The Bertz CT molecular complexity index is 1360. The van der Waals surface area contributed by atoms with Gasteiger partial charge < -0.3 is 16.0 Å². The zero-order valence-electron chi connectivity index (χ0n) is 25.1. The standard InChI is InChI=1S/C36H39N3O3/c1-22-7-13-28(14-8-22)25(4)37-34(40)31-19-32(35(41)38-26(5)29-15-9-23(2)10-16-29)21-33(20-31)36(42)39-27(6)30-17-11-24(3)12-18-30/h7-21,25-27H,1-6H3,(H,37,40)(H,38,41)(H,39,42). The van der Waals surface area contributed by atoms with E-state index in [9.17, 15) is 14.4 Å². The van der Waals surface area contributed by atoms with Crippen LogP contribution in [0.5, 0.6) is 0 Å². The van der Waals surface area contributed by atoms with Crippen LogP contribution in [-0.2, 0) is 0 Å². The monoisotopic (exact) mass is 561 g/mol. The molecule has 3 unspecified atom stereocenters. The number of benzene rings is 4. The second-order valence-corrected chi connectivity index (χ2v) is 11.1. The SMILES string of the molecule is Cc1ccc(C(C)NC(=O)c2cc(C(=O)NC(C)c3ccc(C)cc3)cc(C(=O)NC(C)c3ccc(C)cc3)c2)cc1. The summed E-state index contributed by atoms with van der Waals surface area (Å²) in [7, 11) is 0. The highest BCUT2D eigenvalue weighted by Gasteiger charge is 2.20. The topological polar surface area (TPSA) is 87.3 Å². The molecule has 0 heterocycles. The lowest BCUT2D eigenvalue weighted by atomic mass is 10.0.